The lowest BCUT2D eigenvalue weighted by Gasteiger charge is -2.11. The largest absolute Gasteiger partial charge is 0.481 e. The maximum atomic E-state index is 12.2. The number of hydrogen-bond donors (Lipinski definition) is 3. The molecule has 1 amide bonds. The average Bonchev–Trinajstić information content (AvgIpc) is 3.17. The summed E-state index contributed by atoms with van der Waals surface area (Å²) < 4.78 is 0.976. The molecule has 2 atom stereocenters. The van der Waals surface area contributed by atoms with Gasteiger partial charge in [0.25, 0.3) is 5.91 Å². The second kappa shape index (κ2) is 6.54. The van der Waals surface area contributed by atoms with Crippen molar-refractivity contribution in [1.29, 1.82) is 0 Å². The van der Waals surface area contributed by atoms with Gasteiger partial charge < -0.3 is 10.4 Å². The van der Waals surface area contributed by atoms with Crippen molar-refractivity contribution in [1.82, 2.24) is 15.5 Å². The van der Waals surface area contributed by atoms with Crippen LogP contribution in [0.5, 0.6) is 0 Å². The highest BCUT2D eigenvalue weighted by molar-refractivity contribution is 9.10. The van der Waals surface area contributed by atoms with Crippen LogP contribution in [-0.4, -0.2) is 33.2 Å². The van der Waals surface area contributed by atoms with Gasteiger partial charge >= 0.3 is 5.97 Å². The number of aromatic amines is 1. The fourth-order valence-corrected chi connectivity index (χ4v) is 3.07. The summed E-state index contributed by atoms with van der Waals surface area (Å²) in [5.74, 6) is -1.40. The zero-order valence-electron chi connectivity index (χ0n) is 12.3. The smallest absolute Gasteiger partial charge is 0.306 e. The SMILES string of the molecule is O=C(N[C@@H]1CC[C@H](C(=O)O)C1)c1cc(-c2ccc(Br)cc2)n[nH]1. The highest BCUT2D eigenvalue weighted by Gasteiger charge is 2.30. The number of aromatic nitrogens is 2. The number of carbonyl (C=O) groups excluding carboxylic acids is 1. The third kappa shape index (κ3) is 3.61. The minimum absolute atomic E-state index is 0.0944. The Morgan fingerprint density at radius 1 is 1.26 bits per heavy atom. The number of carboxylic acid groups (broad SMARTS) is 1. The molecule has 1 fully saturated rings. The van der Waals surface area contributed by atoms with Crippen molar-refractivity contribution in [2.24, 2.45) is 5.92 Å². The number of nitrogens with zero attached hydrogens (tertiary/aromatic N) is 1. The Labute approximate surface area is 141 Å². The number of amides is 1. The second-order valence-corrected chi connectivity index (χ2v) is 6.61. The Kier molecular flexibility index (Phi) is 4.47. The molecular weight excluding hydrogens is 362 g/mol. The first-order valence-corrected chi connectivity index (χ1v) is 8.17. The lowest BCUT2D eigenvalue weighted by Crippen LogP contribution is -2.33. The normalized spacial score (nSPS) is 20.4. The summed E-state index contributed by atoms with van der Waals surface area (Å²) in [5.41, 5.74) is 1.98. The lowest BCUT2D eigenvalue weighted by atomic mass is 10.1. The standard InChI is InChI=1S/C16H16BrN3O3/c17-11-4-1-9(2-5-11)13-8-14(20-19-13)15(21)18-12-6-3-10(7-12)16(22)23/h1-2,4-5,8,10,12H,3,6-7H2,(H,18,21)(H,19,20)(H,22,23)/t10-,12+/m0/s1. The number of benzene rings is 1. The molecule has 1 heterocycles. The van der Waals surface area contributed by atoms with Crippen molar-refractivity contribution in [3.8, 4) is 11.3 Å². The number of H-pyrrole nitrogens is 1. The quantitative estimate of drug-likeness (QED) is 0.763. The Bertz CT molecular complexity index is 726. The van der Waals surface area contributed by atoms with Crippen LogP contribution in [0.25, 0.3) is 11.3 Å². The van der Waals surface area contributed by atoms with Crippen LogP contribution in [0.4, 0.5) is 0 Å². The Morgan fingerprint density at radius 2 is 2.00 bits per heavy atom. The molecule has 2 aromatic rings. The molecule has 0 bridgehead atoms. The molecule has 7 heteroatoms. The van der Waals surface area contributed by atoms with Crippen LogP contribution >= 0.6 is 15.9 Å². The highest BCUT2D eigenvalue weighted by atomic mass is 79.9. The predicted octanol–water partition coefficient (Wildman–Crippen LogP) is 2.82. The molecule has 0 spiro atoms. The molecule has 0 radical (unpaired) electrons. The number of carboxylic acids is 1. The summed E-state index contributed by atoms with van der Waals surface area (Å²) in [5, 5.41) is 18.8. The summed E-state index contributed by atoms with van der Waals surface area (Å²) in [6.45, 7) is 0. The van der Waals surface area contributed by atoms with Gasteiger partial charge in [-0.15, -0.1) is 0 Å². The number of halogens is 1. The number of hydrogen-bond acceptors (Lipinski definition) is 3. The molecular formula is C16H16BrN3O3. The van der Waals surface area contributed by atoms with E-state index in [1.54, 1.807) is 6.07 Å². The highest BCUT2D eigenvalue weighted by Crippen LogP contribution is 2.26. The zero-order valence-corrected chi connectivity index (χ0v) is 13.8. The number of rotatable bonds is 4. The molecule has 120 valence electrons. The molecule has 1 aromatic carbocycles. The molecule has 0 aliphatic heterocycles. The van der Waals surface area contributed by atoms with Crippen molar-refractivity contribution in [3.05, 3.63) is 40.5 Å². The van der Waals surface area contributed by atoms with Gasteiger partial charge in [0, 0.05) is 16.1 Å². The van der Waals surface area contributed by atoms with Gasteiger partial charge in [-0.1, -0.05) is 28.1 Å². The van der Waals surface area contributed by atoms with E-state index in [2.05, 4.69) is 31.4 Å². The van der Waals surface area contributed by atoms with Crippen LogP contribution in [0.2, 0.25) is 0 Å². The Morgan fingerprint density at radius 3 is 2.65 bits per heavy atom. The van der Waals surface area contributed by atoms with Gasteiger partial charge in [-0.05, 0) is 37.5 Å². The van der Waals surface area contributed by atoms with E-state index in [1.165, 1.54) is 0 Å². The fourth-order valence-electron chi connectivity index (χ4n) is 2.81. The topological polar surface area (TPSA) is 95.1 Å². The van der Waals surface area contributed by atoms with Gasteiger partial charge in [0.15, 0.2) is 0 Å². The van der Waals surface area contributed by atoms with E-state index >= 15 is 0 Å². The number of carbonyl (C=O) groups is 2. The first kappa shape index (κ1) is 15.7. The molecule has 3 N–H and O–H groups in total. The van der Waals surface area contributed by atoms with E-state index in [1.807, 2.05) is 24.3 Å². The molecule has 23 heavy (non-hydrogen) atoms. The lowest BCUT2D eigenvalue weighted by molar-refractivity contribution is -0.141. The minimum atomic E-state index is -0.791. The van der Waals surface area contributed by atoms with Gasteiger partial charge in [0.05, 0.1) is 11.6 Å². The maximum absolute atomic E-state index is 12.2. The van der Waals surface area contributed by atoms with Gasteiger partial charge in [-0.2, -0.15) is 5.10 Å². The van der Waals surface area contributed by atoms with Gasteiger partial charge in [0.1, 0.15) is 5.69 Å². The van der Waals surface area contributed by atoms with Crippen molar-refractivity contribution >= 4 is 27.8 Å². The van der Waals surface area contributed by atoms with E-state index < -0.39 is 5.97 Å². The molecule has 0 unspecified atom stereocenters. The van der Waals surface area contributed by atoms with Gasteiger partial charge in [0.2, 0.25) is 0 Å². The van der Waals surface area contributed by atoms with Crippen LogP contribution in [0.3, 0.4) is 0 Å². The van der Waals surface area contributed by atoms with E-state index in [4.69, 9.17) is 5.11 Å². The van der Waals surface area contributed by atoms with Gasteiger partial charge in [-0.3, -0.25) is 14.7 Å². The third-order valence-electron chi connectivity index (χ3n) is 4.08. The van der Waals surface area contributed by atoms with E-state index in [0.717, 1.165) is 10.0 Å². The molecule has 3 rings (SSSR count). The van der Waals surface area contributed by atoms with Crippen LogP contribution in [-0.2, 0) is 4.79 Å². The molecule has 1 aliphatic carbocycles. The molecule has 0 saturated heterocycles. The van der Waals surface area contributed by atoms with Gasteiger partial charge in [-0.25, -0.2) is 0 Å². The molecule has 1 saturated carbocycles. The average molecular weight is 378 g/mol. The second-order valence-electron chi connectivity index (χ2n) is 5.69. The molecule has 1 aromatic heterocycles. The summed E-state index contributed by atoms with van der Waals surface area (Å²) in [6, 6.07) is 9.25. The van der Waals surface area contributed by atoms with Crippen molar-refractivity contribution in [2.75, 3.05) is 0 Å². The van der Waals surface area contributed by atoms with Crippen LogP contribution in [0.15, 0.2) is 34.8 Å². The van der Waals surface area contributed by atoms with E-state index in [0.29, 0.717) is 30.7 Å². The number of nitrogens with one attached hydrogen (secondary N) is 2. The summed E-state index contributed by atoms with van der Waals surface area (Å²) in [6.07, 6.45) is 1.78. The molecule has 6 nitrogen and oxygen atoms in total. The van der Waals surface area contributed by atoms with Crippen molar-refractivity contribution in [2.45, 2.75) is 25.3 Å². The minimum Gasteiger partial charge on any atom is -0.481 e. The Hall–Kier alpha value is -2.15. The van der Waals surface area contributed by atoms with Crippen LogP contribution in [0, 0.1) is 5.92 Å². The summed E-state index contributed by atoms with van der Waals surface area (Å²) >= 11 is 3.38. The van der Waals surface area contributed by atoms with E-state index in [-0.39, 0.29) is 17.9 Å². The van der Waals surface area contributed by atoms with Crippen molar-refractivity contribution in [3.63, 3.8) is 0 Å². The first-order valence-electron chi connectivity index (χ1n) is 7.38. The predicted molar refractivity (Wildman–Crippen MR) is 88.0 cm³/mol. The summed E-state index contributed by atoms with van der Waals surface area (Å²) in [7, 11) is 0. The monoisotopic (exact) mass is 377 g/mol. The number of aliphatic carboxylic acids is 1. The van der Waals surface area contributed by atoms with Crippen molar-refractivity contribution < 1.29 is 14.7 Å². The van der Waals surface area contributed by atoms with Crippen LogP contribution < -0.4 is 5.32 Å². The molecule has 1 aliphatic rings. The fraction of sp³-hybridized carbons (Fsp3) is 0.312. The summed E-state index contributed by atoms with van der Waals surface area (Å²) in [4.78, 5) is 23.2. The zero-order chi connectivity index (χ0) is 16.4. The first-order chi connectivity index (χ1) is 11.0. The van der Waals surface area contributed by atoms with E-state index in [9.17, 15) is 9.59 Å². The Balaban J connectivity index is 1.65. The third-order valence-corrected chi connectivity index (χ3v) is 4.61. The van der Waals surface area contributed by atoms with Crippen LogP contribution in [0.1, 0.15) is 29.8 Å². The maximum Gasteiger partial charge on any atom is 0.306 e.